The van der Waals surface area contributed by atoms with E-state index in [4.69, 9.17) is 4.43 Å². The van der Waals surface area contributed by atoms with Crippen molar-refractivity contribution in [3.63, 3.8) is 0 Å². The summed E-state index contributed by atoms with van der Waals surface area (Å²) in [6, 6.07) is 0. The molecule has 0 amide bonds. The topological polar surface area (TPSA) is 9.23 Å². The summed E-state index contributed by atoms with van der Waals surface area (Å²) < 4.78 is 6.22. The van der Waals surface area contributed by atoms with Crippen LogP contribution in [-0.2, 0) is 4.43 Å². The van der Waals surface area contributed by atoms with E-state index in [1.165, 1.54) is 57.1 Å². The molecule has 0 saturated heterocycles. The molecule has 1 aliphatic carbocycles. The molecule has 0 aromatic heterocycles. The van der Waals surface area contributed by atoms with Crippen LogP contribution in [0.2, 0.25) is 13.1 Å². The predicted octanol–water partition coefficient (Wildman–Crippen LogP) is 6.06. The van der Waals surface area contributed by atoms with E-state index >= 15 is 0 Å². The van der Waals surface area contributed by atoms with Crippen LogP contribution >= 0.6 is 0 Å². The second kappa shape index (κ2) is 8.91. The van der Waals surface area contributed by atoms with Gasteiger partial charge in [0.1, 0.15) is 0 Å². The summed E-state index contributed by atoms with van der Waals surface area (Å²) in [7, 11) is -0.974. The summed E-state index contributed by atoms with van der Waals surface area (Å²) in [4.78, 5) is 0. The first kappa shape index (κ1) is 17.8. The van der Waals surface area contributed by atoms with Gasteiger partial charge in [0.25, 0.3) is 0 Å². The number of hydrogen-bond donors (Lipinski definition) is 0. The Morgan fingerprint density at radius 3 is 2.05 bits per heavy atom. The summed E-state index contributed by atoms with van der Waals surface area (Å²) in [5.74, 6) is 1.98. The average Bonchev–Trinajstić information content (AvgIpc) is 2.30. The Balaban J connectivity index is 2.80. The van der Waals surface area contributed by atoms with Gasteiger partial charge in [-0.25, -0.2) is 0 Å². The zero-order chi connectivity index (χ0) is 15.0. The second-order valence-electron chi connectivity index (χ2n) is 7.79. The normalized spacial score (nSPS) is 23.7. The standard InChI is InChI=1S/C18H36OSi/c1-18(2,3)16-13-11-9-7-6-8-10-12-14-17(15-16)19-20(4)5/h15-16,20H,6-14H2,1-5H3. The van der Waals surface area contributed by atoms with Crippen molar-refractivity contribution in [3.8, 4) is 0 Å². The molecule has 20 heavy (non-hydrogen) atoms. The summed E-state index contributed by atoms with van der Waals surface area (Å²) in [5, 5.41) is 0. The highest BCUT2D eigenvalue weighted by atomic mass is 28.3. The molecule has 0 heterocycles. The monoisotopic (exact) mass is 296 g/mol. The molecule has 1 unspecified atom stereocenters. The van der Waals surface area contributed by atoms with Crippen LogP contribution in [0.15, 0.2) is 11.8 Å². The van der Waals surface area contributed by atoms with Gasteiger partial charge in [0.2, 0.25) is 9.04 Å². The zero-order valence-electron chi connectivity index (χ0n) is 14.5. The summed E-state index contributed by atoms with van der Waals surface area (Å²) in [5.41, 5.74) is 0.358. The van der Waals surface area contributed by atoms with E-state index in [-0.39, 0.29) is 0 Å². The molecular formula is C18H36OSi. The fourth-order valence-electron chi connectivity index (χ4n) is 3.02. The third kappa shape index (κ3) is 7.52. The molecule has 2 heteroatoms. The van der Waals surface area contributed by atoms with Gasteiger partial charge >= 0.3 is 0 Å². The Hall–Kier alpha value is -0.243. The maximum Gasteiger partial charge on any atom is 0.229 e. The smallest absolute Gasteiger partial charge is 0.229 e. The van der Waals surface area contributed by atoms with Crippen LogP contribution in [0.3, 0.4) is 0 Å². The molecule has 1 nitrogen and oxygen atoms in total. The maximum absolute atomic E-state index is 6.22. The third-order valence-electron chi connectivity index (χ3n) is 4.32. The lowest BCUT2D eigenvalue weighted by molar-refractivity contribution is 0.260. The highest BCUT2D eigenvalue weighted by Gasteiger charge is 2.23. The zero-order valence-corrected chi connectivity index (χ0v) is 15.7. The molecule has 0 aliphatic heterocycles. The van der Waals surface area contributed by atoms with Crippen molar-refractivity contribution in [2.45, 2.75) is 91.7 Å². The molecule has 0 aromatic carbocycles. The maximum atomic E-state index is 6.22. The van der Waals surface area contributed by atoms with E-state index in [2.05, 4.69) is 39.9 Å². The lowest BCUT2D eigenvalue weighted by atomic mass is 9.77. The highest BCUT2D eigenvalue weighted by Crippen LogP contribution is 2.34. The van der Waals surface area contributed by atoms with Crippen LogP contribution in [0.4, 0.5) is 0 Å². The first-order valence-electron chi connectivity index (χ1n) is 8.77. The molecule has 0 spiro atoms. The summed E-state index contributed by atoms with van der Waals surface area (Å²) in [6.07, 6.45) is 14.7. The molecule has 0 radical (unpaired) electrons. The Bertz CT molecular complexity index is 288. The summed E-state index contributed by atoms with van der Waals surface area (Å²) >= 11 is 0. The van der Waals surface area contributed by atoms with Crippen molar-refractivity contribution >= 4 is 9.04 Å². The van der Waals surface area contributed by atoms with Crippen LogP contribution in [0.5, 0.6) is 0 Å². The van der Waals surface area contributed by atoms with Crippen molar-refractivity contribution < 1.29 is 4.43 Å². The fourth-order valence-corrected chi connectivity index (χ4v) is 3.82. The first-order valence-corrected chi connectivity index (χ1v) is 11.5. The van der Waals surface area contributed by atoms with E-state index in [9.17, 15) is 0 Å². The number of hydrogen-bond acceptors (Lipinski definition) is 1. The quantitative estimate of drug-likeness (QED) is 0.563. The lowest BCUT2D eigenvalue weighted by Crippen LogP contribution is -2.20. The molecule has 0 N–H and O–H groups in total. The molecule has 118 valence electrons. The molecule has 0 bridgehead atoms. The molecule has 0 aromatic rings. The SMILES string of the molecule is C[SiH](C)OC1=CC(C(C)(C)C)CCCCCCCCC1. The van der Waals surface area contributed by atoms with E-state index < -0.39 is 9.04 Å². The average molecular weight is 297 g/mol. The largest absolute Gasteiger partial charge is 0.550 e. The van der Waals surface area contributed by atoms with Gasteiger partial charge < -0.3 is 4.43 Å². The van der Waals surface area contributed by atoms with Gasteiger partial charge in [-0.15, -0.1) is 0 Å². The molecular weight excluding hydrogens is 260 g/mol. The minimum absolute atomic E-state index is 0.358. The van der Waals surface area contributed by atoms with Gasteiger partial charge in [0.05, 0.1) is 5.76 Å². The van der Waals surface area contributed by atoms with Crippen molar-refractivity contribution in [2.24, 2.45) is 11.3 Å². The fraction of sp³-hybridized carbons (Fsp3) is 0.889. The molecule has 0 saturated carbocycles. The molecule has 1 rings (SSSR count). The van der Waals surface area contributed by atoms with Crippen molar-refractivity contribution in [1.29, 1.82) is 0 Å². The summed E-state index contributed by atoms with van der Waals surface area (Å²) in [6.45, 7) is 11.7. The molecule has 0 fully saturated rings. The molecule has 1 atom stereocenters. The van der Waals surface area contributed by atoms with Crippen molar-refractivity contribution in [2.75, 3.05) is 0 Å². The van der Waals surface area contributed by atoms with E-state index in [1.54, 1.807) is 0 Å². The second-order valence-corrected chi connectivity index (χ2v) is 10.1. The van der Waals surface area contributed by atoms with E-state index in [0.717, 1.165) is 6.42 Å². The van der Waals surface area contributed by atoms with Crippen molar-refractivity contribution in [3.05, 3.63) is 11.8 Å². The van der Waals surface area contributed by atoms with Gasteiger partial charge in [-0.1, -0.05) is 59.3 Å². The van der Waals surface area contributed by atoms with Crippen LogP contribution in [0.1, 0.15) is 78.6 Å². The van der Waals surface area contributed by atoms with E-state index in [0.29, 0.717) is 11.3 Å². The van der Waals surface area contributed by atoms with Gasteiger partial charge in [-0.05, 0) is 43.3 Å². The molecule has 1 aliphatic rings. The first-order chi connectivity index (χ1) is 9.39. The Kier molecular flexibility index (Phi) is 7.94. The Morgan fingerprint density at radius 1 is 0.950 bits per heavy atom. The minimum Gasteiger partial charge on any atom is -0.550 e. The van der Waals surface area contributed by atoms with Crippen LogP contribution in [0, 0.1) is 11.3 Å². The predicted molar refractivity (Wildman–Crippen MR) is 92.5 cm³/mol. The van der Waals surface area contributed by atoms with Gasteiger partial charge in [-0.3, -0.25) is 0 Å². The van der Waals surface area contributed by atoms with Crippen LogP contribution < -0.4 is 0 Å². The number of allylic oxidation sites excluding steroid dienone is 2. The van der Waals surface area contributed by atoms with Gasteiger partial charge in [0.15, 0.2) is 0 Å². The highest BCUT2D eigenvalue weighted by molar-refractivity contribution is 6.48. The van der Waals surface area contributed by atoms with Crippen LogP contribution in [0.25, 0.3) is 0 Å². The third-order valence-corrected chi connectivity index (χ3v) is 5.10. The Labute approximate surface area is 128 Å². The minimum atomic E-state index is -0.974. The van der Waals surface area contributed by atoms with Gasteiger partial charge in [0, 0.05) is 6.42 Å². The Morgan fingerprint density at radius 2 is 1.50 bits per heavy atom. The lowest BCUT2D eigenvalue weighted by Gasteiger charge is -2.30. The van der Waals surface area contributed by atoms with Crippen molar-refractivity contribution in [1.82, 2.24) is 0 Å². The number of rotatable bonds is 2. The van der Waals surface area contributed by atoms with E-state index in [1.807, 2.05) is 0 Å². The van der Waals surface area contributed by atoms with Gasteiger partial charge in [-0.2, -0.15) is 0 Å². The van der Waals surface area contributed by atoms with Crippen LogP contribution in [-0.4, -0.2) is 9.04 Å².